The second kappa shape index (κ2) is 5.58. The highest BCUT2D eigenvalue weighted by Gasteiger charge is 2.27. The largest absolute Gasteiger partial charge is 0.393 e. The van der Waals surface area contributed by atoms with Gasteiger partial charge >= 0.3 is 0 Å². The normalized spacial score (nSPS) is 23.8. The minimum atomic E-state index is -0.0635. The molecular formula is C13H21N3O. The summed E-state index contributed by atoms with van der Waals surface area (Å²) in [4.78, 5) is 6.57. The zero-order valence-electron chi connectivity index (χ0n) is 10.3. The molecule has 1 aromatic rings. The van der Waals surface area contributed by atoms with E-state index in [-0.39, 0.29) is 6.10 Å². The van der Waals surface area contributed by atoms with Gasteiger partial charge in [-0.25, -0.2) is 0 Å². The monoisotopic (exact) mass is 235 g/mol. The Kier molecular flexibility index (Phi) is 4.10. The molecule has 1 fully saturated rings. The lowest BCUT2D eigenvalue weighted by Crippen LogP contribution is -2.37. The third-order valence-corrected chi connectivity index (χ3v) is 3.40. The molecule has 1 saturated carbocycles. The number of rotatable bonds is 5. The van der Waals surface area contributed by atoms with Gasteiger partial charge in [-0.1, -0.05) is 6.07 Å². The Balaban J connectivity index is 1.86. The Morgan fingerprint density at radius 1 is 1.53 bits per heavy atom. The van der Waals surface area contributed by atoms with Crippen LogP contribution in [-0.2, 0) is 13.1 Å². The first-order valence-corrected chi connectivity index (χ1v) is 6.18. The van der Waals surface area contributed by atoms with Crippen molar-refractivity contribution in [3.05, 3.63) is 29.6 Å². The number of aliphatic hydroxyl groups excluding tert-OH is 1. The van der Waals surface area contributed by atoms with E-state index in [1.165, 1.54) is 5.56 Å². The van der Waals surface area contributed by atoms with Crippen molar-refractivity contribution in [1.29, 1.82) is 0 Å². The van der Waals surface area contributed by atoms with E-state index in [0.717, 1.165) is 31.6 Å². The third-order valence-electron chi connectivity index (χ3n) is 3.40. The van der Waals surface area contributed by atoms with Crippen molar-refractivity contribution in [1.82, 2.24) is 9.88 Å². The number of pyridine rings is 1. The van der Waals surface area contributed by atoms with E-state index in [9.17, 15) is 5.11 Å². The van der Waals surface area contributed by atoms with Crippen LogP contribution in [0.4, 0.5) is 0 Å². The van der Waals surface area contributed by atoms with Crippen LogP contribution in [0.1, 0.15) is 24.1 Å². The molecule has 0 radical (unpaired) electrons. The van der Waals surface area contributed by atoms with Crippen LogP contribution in [0, 0.1) is 5.92 Å². The van der Waals surface area contributed by atoms with Gasteiger partial charge in [0.05, 0.1) is 11.8 Å². The first kappa shape index (κ1) is 12.5. The summed E-state index contributed by atoms with van der Waals surface area (Å²) in [7, 11) is 2.11. The predicted molar refractivity (Wildman–Crippen MR) is 67.2 cm³/mol. The van der Waals surface area contributed by atoms with Crippen LogP contribution in [0.25, 0.3) is 0 Å². The molecule has 0 amide bonds. The van der Waals surface area contributed by atoms with E-state index in [0.29, 0.717) is 12.5 Å². The molecule has 0 unspecified atom stereocenters. The highest BCUT2D eigenvalue weighted by molar-refractivity contribution is 5.19. The minimum absolute atomic E-state index is 0.0635. The van der Waals surface area contributed by atoms with E-state index in [4.69, 9.17) is 5.73 Å². The van der Waals surface area contributed by atoms with Crippen LogP contribution in [0.2, 0.25) is 0 Å². The van der Waals surface area contributed by atoms with E-state index >= 15 is 0 Å². The van der Waals surface area contributed by atoms with Gasteiger partial charge in [0.2, 0.25) is 0 Å². The summed E-state index contributed by atoms with van der Waals surface area (Å²) in [6, 6.07) is 4.04. The summed E-state index contributed by atoms with van der Waals surface area (Å²) in [5, 5.41) is 9.26. The molecule has 0 saturated heterocycles. The highest BCUT2D eigenvalue weighted by Crippen LogP contribution is 2.27. The number of hydrogen-bond acceptors (Lipinski definition) is 4. The van der Waals surface area contributed by atoms with E-state index < -0.39 is 0 Å². The van der Waals surface area contributed by atoms with Crippen LogP contribution in [0.15, 0.2) is 18.3 Å². The number of aromatic nitrogens is 1. The zero-order valence-corrected chi connectivity index (χ0v) is 10.3. The van der Waals surface area contributed by atoms with Crippen molar-refractivity contribution >= 4 is 0 Å². The van der Waals surface area contributed by atoms with Gasteiger partial charge in [-0.15, -0.1) is 0 Å². The molecule has 1 aliphatic carbocycles. The number of aliphatic hydroxyl groups is 1. The molecule has 0 atom stereocenters. The minimum Gasteiger partial charge on any atom is -0.393 e. The quantitative estimate of drug-likeness (QED) is 0.790. The van der Waals surface area contributed by atoms with Crippen LogP contribution in [-0.4, -0.2) is 34.7 Å². The second-order valence-corrected chi connectivity index (χ2v) is 5.00. The van der Waals surface area contributed by atoms with Crippen molar-refractivity contribution in [3.63, 3.8) is 0 Å². The Bertz CT molecular complexity index is 363. The van der Waals surface area contributed by atoms with Gasteiger partial charge in [-0.2, -0.15) is 0 Å². The van der Waals surface area contributed by atoms with E-state index in [1.807, 2.05) is 6.07 Å². The smallest absolute Gasteiger partial charge is 0.0584 e. The SMILES string of the molecule is CN(Cc1cccnc1CN)CC1CC(O)C1. The fourth-order valence-electron chi connectivity index (χ4n) is 2.44. The molecule has 0 aromatic carbocycles. The van der Waals surface area contributed by atoms with Crippen molar-refractivity contribution in [2.24, 2.45) is 11.7 Å². The van der Waals surface area contributed by atoms with Gasteiger partial charge < -0.3 is 15.7 Å². The van der Waals surface area contributed by atoms with Gasteiger partial charge in [-0.05, 0) is 37.4 Å². The Hall–Kier alpha value is -0.970. The fraction of sp³-hybridized carbons (Fsp3) is 0.615. The molecule has 1 aliphatic rings. The van der Waals surface area contributed by atoms with Crippen molar-refractivity contribution in [2.45, 2.75) is 32.0 Å². The predicted octanol–water partition coefficient (Wildman–Crippen LogP) is 0.743. The van der Waals surface area contributed by atoms with Crippen LogP contribution in [0.3, 0.4) is 0 Å². The molecule has 17 heavy (non-hydrogen) atoms. The molecule has 3 N–H and O–H groups in total. The lowest BCUT2D eigenvalue weighted by atomic mass is 9.82. The third kappa shape index (κ3) is 3.25. The molecule has 1 aromatic heterocycles. The topological polar surface area (TPSA) is 62.4 Å². The van der Waals surface area contributed by atoms with Gasteiger partial charge in [0.1, 0.15) is 0 Å². The van der Waals surface area contributed by atoms with Gasteiger partial charge in [0.15, 0.2) is 0 Å². The van der Waals surface area contributed by atoms with Crippen molar-refractivity contribution in [2.75, 3.05) is 13.6 Å². The first-order chi connectivity index (χ1) is 8.19. The maximum absolute atomic E-state index is 9.26. The highest BCUT2D eigenvalue weighted by atomic mass is 16.3. The summed E-state index contributed by atoms with van der Waals surface area (Å²) in [6.45, 7) is 2.41. The second-order valence-electron chi connectivity index (χ2n) is 5.00. The average molecular weight is 235 g/mol. The molecule has 0 bridgehead atoms. The van der Waals surface area contributed by atoms with Gasteiger partial charge in [0.25, 0.3) is 0 Å². The standard InChI is InChI=1S/C13H21N3O/c1-16(8-10-5-12(17)6-10)9-11-3-2-4-15-13(11)7-14/h2-4,10,12,17H,5-9,14H2,1H3. The van der Waals surface area contributed by atoms with Crippen molar-refractivity contribution in [3.8, 4) is 0 Å². The van der Waals surface area contributed by atoms with Gasteiger partial charge in [-0.3, -0.25) is 4.98 Å². The summed E-state index contributed by atoms with van der Waals surface area (Å²) in [5.41, 5.74) is 7.85. The summed E-state index contributed by atoms with van der Waals surface area (Å²) in [6.07, 6.45) is 3.61. The molecule has 0 spiro atoms. The zero-order chi connectivity index (χ0) is 12.3. The van der Waals surface area contributed by atoms with Crippen LogP contribution >= 0.6 is 0 Å². The molecule has 0 aliphatic heterocycles. The van der Waals surface area contributed by atoms with E-state index in [2.05, 4.69) is 23.0 Å². The Morgan fingerprint density at radius 3 is 2.94 bits per heavy atom. The summed E-state index contributed by atoms with van der Waals surface area (Å²) >= 11 is 0. The molecule has 94 valence electrons. The van der Waals surface area contributed by atoms with E-state index in [1.54, 1.807) is 6.20 Å². The number of hydrogen-bond donors (Lipinski definition) is 2. The Labute approximate surface area is 102 Å². The summed E-state index contributed by atoms with van der Waals surface area (Å²) < 4.78 is 0. The molecule has 4 heteroatoms. The van der Waals surface area contributed by atoms with Crippen LogP contribution < -0.4 is 5.73 Å². The number of nitrogens with zero attached hydrogens (tertiary/aromatic N) is 2. The molecule has 1 heterocycles. The van der Waals surface area contributed by atoms with Crippen LogP contribution in [0.5, 0.6) is 0 Å². The lowest BCUT2D eigenvalue weighted by Gasteiger charge is -2.34. The maximum Gasteiger partial charge on any atom is 0.0584 e. The number of nitrogens with two attached hydrogens (primary N) is 1. The summed E-state index contributed by atoms with van der Waals surface area (Å²) in [5.74, 6) is 0.646. The molecular weight excluding hydrogens is 214 g/mol. The Morgan fingerprint density at radius 2 is 2.29 bits per heavy atom. The van der Waals surface area contributed by atoms with Gasteiger partial charge in [0, 0.05) is 25.8 Å². The lowest BCUT2D eigenvalue weighted by molar-refractivity contribution is 0.0273. The fourth-order valence-corrected chi connectivity index (χ4v) is 2.44. The average Bonchev–Trinajstić information content (AvgIpc) is 2.27. The molecule has 2 rings (SSSR count). The molecule has 4 nitrogen and oxygen atoms in total. The van der Waals surface area contributed by atoms with Crippen molar-refractivity contribution < 1.29 is 5.11 Å². The maximum atomic E-state index is 9.26. The first-order valence-electron chi connectivity index (χ1n) is 6.18.